The number of nitrogens with zero attached hydrogens (tertiary/aromatic N) is 3. The number of nitriles is 1. The first-order valence-electron chi connectivity index (χ1n) is 16.1. The van der Waals surface area contributed by atoms with Crippen LogP contribution in [-0.2, 0) is 25.2 Å². The molecule has 0 bridgehead atoms. The Morgan fingerprint density at radius 2 is 1.77 bits per heavy atom. The standard InChI is InChI=1S/C35H41BrF3N3O5/c1-25-31(33(43)47-22-21-46-30-13-6-9-20-45-30)32(27-16-14-26(24-40)15-17-27)41(19-8-5-3-2-4-7-18-36)34(44)42(25)29-12-10-11-28(23-29)35(37,38)39/h10-12,14-17,23,30,32H,2-9,13,18-22H2,1H3. The summed E-state index contributed by atoms with van der Waals surface area (Å²) in [7, 11) is 0. The van der Waals surface area contributed by atoms with Gasteiger partial charge in [0.05, 0.1) is 41.1 Å². The molecule has 254 valence electrons. The fraction of sp³-hybridized carbons (Fsp3) is 0.514. The van der Waals surface area contributed by atoms with Crippen LogP contribution in [0, 0.1) is 11.3 Å². The van der Waals surface area contributed by atoms with Crippen molar-refractivity contribution in [1.29, 1.82) is 5.26 Å². The van der Waals surface area contributed by atoms with E-state index in [4.69, 9.17) is 14.2 Å². The summed E-state index contributed by atoms with van der Waals surface area (Å²) in [6, 6.07) is 11.7. The lowest BCUT2D eigenvalue weighted by Gasteiger charge is -2.43. The normalized spacial score (nSPS) is 18.8. The molecule has 12 heteroatoms. The number of carbonyl (C=O) groups excluding carboxylic acids is 2. The summed E-state index contributed by atoms with van der Waals surface area (Å²) in [6.07, 6.45) is 3.32. The number of esters is 1. The summed E-state index contributed by atoms with van der Waals surface area (Å²) in [6.45, 7) is 2.41. The second kappa shape index (κ2) is 17.7. The molecule has 1 saturated heterocycles. The van der Waals surface area contributed by atoms with E-state index in [2.05, 4.69) is 22.0 Å². The van der Waals surface area contributed by atoms with Crippen molar-refractivity contribution in [2.45, 2.75) is 83.2 Å². The number of carbonyl (C=O) groups is 2. The van der Waals surface area contributed by atoms with E-state index in [9.17, 15) is 28.0 Å². The first-order chi connectivity index (χ1) is 22.7. The molecule has 2 unspecified atom stereocenters. The molecule has 0 radical (unpaired) electrons. The van der Waals surface area contributed by atoms with Crippen LogP contribution in [0.5, 0.6) is 0 Å². The Labute approximate surface area is 282 Å². The number of amides is 2. The van der Waals surface area contributed by atoms with Crippen LogP contribution in [-0.4, -0.2) is 54.9 Å². The number of anilines is 1. The second-order valence-corrected chi connectivity index (χ2v) is 12.4. The van der Waals surface area contributed by atoms with Crippen LogP contribution < -0.4 is 4.90 Å². The minimum atomic E-state index is -4.63. The van der Waals surface area contributed by atoms with E-state index in [1.807, 2.05) is 0 Å². The summed E-state index contributed by atoms with van der Waals surface area (Å²) < 4.78 is 58.2. The summed E-state index contributed by atoms with van der Waals surface area (Å²) in [5.74, 6) is -0.714. The number of urea groups is 1. The van der Waals surface area contributed by atoms with Gasteiger partial charge >= 0.3 is 18.2 Å². The maximum absolute atomic E-state index is 14.3. The van der Waals surface area contributed by atoms with Crippen molar-refractivity contribution >= 4 is 33.6 Å². The van der Waals surface area contributed by atoms with Crippen molar-refractivity contribution in [2.75, 3.05) is 36.6 Å². The van der Waals surface area contributed by atoms with Crippen molar-refractivity contribution in [1.82, 2.24) is 4.90 Å². The number of hydrogen-bond acceptors (Lipinski definition) is 6. The molecule has 0 N–H and O–H groups in total. The third-order valence-corrected chi connectivity index (χ3v) is 8.86. The highest BCUT2D eigenvalue weighted by molar-refractivity contribution is 9.09. The van der Waals surface area contributed by atoms with Crippen molar-refractivity contribution in [3.63, 3.8) is 0 Å². The number of unbranched alkanes of at least 4 members (excludes halogenated alkanes) is 5. The number of halogens is 4. The first-order valence-corrected chi connectivity index (χ1v) is 17.2. The molecule has 0 aliphatic carbocycles. The lowest BCUT2D eigenvalue weighted by molar-refractivity contribution is -0.172. The molecule has 0 aromatic heterocycles. The fourth-order valence-corrected chi connectivity index (χ4v) is 6.27. The number of rotatable bonds is 15. The van der Waals surface area contributed by atoms with Gasteiger partial charge in [0.2, 0.25) is 0 Å². The van der Waals surface area contributed by atoms with Crippen LogP contribution in [0.15, 0.2) is 59.8 Å². The van der Waals surface area contributed by atoms with Crippen LogP contribution in [0.25, 0.3) is 0 Å². The van der Waals surface area contributed by atoms with Crippen molar-refractivity contribution in [3.8, 4) is 6.07 Å². The maximum Gasteiger partial charge on any atom is 0.416 e. The van der Waals surface area contributed by atoms with Crippen LogP contribution in [0.2, 0.25) is 0 Å². The third kappa shape index (κ3) is 9.81. The average Bonchev–Trinajstić information content (AvgIpc) is 3.07. The van der Waals surface area contributed by atoms with Gasteiger partial charge in [0, 0.05) is 24.2 Å². The lowest BCUT2D eigenvalue weighted by atomic mass is 9.91. The smallest absolute Gasteiger partial charge is 0.416 e. The molecule has 2 aromatic carbocycles. The van der Waals surface area contributed by atoms with E-state index in [1.54, 1.807) is 31.2 Å². The average molecular weight is 721 g/mol. The Morgan fingerprint density at radius 3 is 2.43 bits per heavy atom. The molecule has 47 heavy (non-hydrogen) atoms. The molecule has 2 amide bonds. The predicted octanol–water partition coefficient (Wildman–Crippen LogP) is 8.66. The molecule has 0 spiro atoms. The SMILES string of the molecule is CC1=C(C(=O)OCCOC2CCCCO2)C(c2ccc(C#N)cc2)N(CCCCCCCCBr)C(=O)N1c1cccc(C(F)(F)F)c1. The van der Waals surface area contributed by atoms with Gasteiger partial charge in [-0.15, -0.1) is 0 Å². The van der Waals surface area contributed by atoms with Crippen LogP contribution in [0.3, 0.4) is 0 Å². The molecular weight excluding hydrogens is 679 g/mol. The quantitative estimate of drug-likeness (QED) is 0.104. The number of ether oxygens (including phenoxy) is 3. The zero-order valence-corrected chi connectivity index (χ0v) is 28.2. The van der Waals surface area contributed by atoms with Gasteiger partial charge in [-0.25, -0.2) is 9.59 Å². The molecule has 2 aliphatic heterocycles. The predicted molar refractivity (Wildman–Crippen MR) is 175 cm³/mol. The van der Waals surface area contributed by atoms with E-state index in [0.29, 0.717) is 24.2 Å². The van der Waals surface area contributed by atoms with Crippen LogP contribution in [0.1, 0.15) is 87.4 Å². The molecule has 2 heterocycles. The van der Waals surface area contributed by atoms with Gasteiger partial charge in [0.25, 0.3) is 0 Å². The van der Waals surface area contributed by atoms with E-state index in [-0.39, 0.29) is 43.0 Å². The van der Waals surface area contributed by atoms with E-state index >= 15 is 0 Å². The third-order valence-electron chi connectivity index (χ3n) is 8.30. The zero-order chi connectivity index (χ0) is 33.8. The highest BCUT2D eigenvalue weighted by Gasteiger charge is 2.43. The Balaban J connectivity index is 1.69. The summed E-state index contributed by atoms with van der Waals surface area (Å²) in [5.41, 5.74) is 0.351. The maximum atomic E-state index is 14.3. The van der Waals surface area contributed by atoms with Gasteiger partial charge in [-0.3, -0.25) is 4.90 Å². The summed E-state index contributed by atoms with van der Waals surface area (Å²) in [4.78, 5) is 30.9. The highest BCUT2D eigenvalue weighted by atomic mass is 79.9. The van der Waals surface area contributed by atoms with Crippen LogP contribution >= 0.6 is 15.9 Å². The van der Waals surface area contributed by atoms with E-state index in [1.165, 1.54) is 17.0 Å². The largest absolute Gasteiger partial charge is 0.460 e. The number of allylic oxidation sites excluding steroid dienone is 1. The molecule has 1 fully saturated rings. The number of benzene rings is 2. The molecule has 0 saturated carbocycles. The van der Waals surface area contributed by atoms with Gasteiger partial charge < -0.3 is 19.1 Å². The highest BCUT2D eigenvalue weighted by Crippen LogP contribution is 2.41. The summed E-state index contributed by atoms with van der Waals surface area (Å²) in [5, 5.41) is 10.3. The van der Waals surface area contributed by atoms with Gasteiger partial charge in [0.15, 0.2) is 6.29 Å². The van der Waals surface area contributed by atoms with Gasteiger partial charge in [-0.1, -0.05) is 59.8 Å². The van der Waals surface area contributed by atoms with Crippen molar-refractivity contribution in [3.05, 3.63) is 76.5 Å². The van der Waals surface area contributed by atoms with Gasteiger partial charge in [-0.05, 0) is 74.9 Å². The number of hydrogen-bond donors (Lipinski definition) is 0. The van der Waals surface area contributed by atoms with Gasteiger partial charge in [-0.2, -0.15) is 18.4 Å². The minimum absolute atomic E-state index is 0.0107. The van der Waals surface area contributed by atoms with Crippen molar-refractivity contribution < 1.29 is 37.0 Å². The molecule has 2 aromatic rings. The first kappa shape index (κ1) is 36.4. The van der Waals surface area contributed by atoms with Crippen LogP contribution in [0.4, 0.5) is 23.7 Å². The lowest BCUT2D eigenvalue weighted by Crippen LogP contribution is -2.51. The Kier molecular flexibility index (Phi) is 13.7. The Hall–Kier alpha value is -3.40. The molecular formula is C35H41BrF3N3O5. The van der Waals surface area contributed by atoms with E-state index in [0.717, 1.165) is 73.7 Å². The zero-order valence-electron chi connectivity index (χ0n) is 26.6. The molecule has 8 nitrogen and oxygen atoms in total. The molecule has 4 rings (SSSR count). The Bertz CT molecular complexity index is 1420. The second-order valence-electron chi connectivity index (χ2n) is 11.6. The Morgan fingerprint density at radius 1 is 1.04 bits per heavy atom. The number of alkyl halides is 4. The molecule has 2 aliphatic rings. The topological polar surface area (TPSA) is 92.1 Å². The molecule has 2 atom stereocenters. The summed E-state index contributed by atoms with van der Waals surface area (Å²) >= 11 is 3.45. The van der Waals surface area contributed by atoms with E-state index < -0.39 is 29.8 Å². The van der Waals surface area contributed by atoms with Crippen molar-refractivity contribution in [2.24, 2.45) is 0 Å². The fourth-order valence-electron chi connectivity index (χ4n) is 5.87. The monoisotopic (exact) mass is 719 g/mol. The minimum Gasteiger partial charge on any atom is -0.460 e. The van der Waals surface area contributed by atoms with Gasteiger partial charge in [0.1, 0.15) is 6.61 Å².